The Morgan fingerprint density at radius 2 is 1.96 bits per heavy atom. The van der Waals surface area contributed by atoms with Crippen molar-refractivity contribution in [3.8, 4) is 0 Å². The van der Waals surface area contributed by atoms with E-state index in [9.17, 15) is 9.59 Å². The molecule has 0 saturated carbocycles. The highest BCUT2D eigenvalue weighted by molar-refractivity contribution is 7.12. The second-order valence-electron chi connectivity index (χ2n) is 5.94. The van der Waals surface area contributed by atoms with E-state index in [-0.39, 0.29) is 24.4 Å². The highest BCUT2D eigenvalue weighted by Gasteiger charge is 2.13. The minimum absolute atomic E-state index is 0.0560. The first-order chi connectivity index (χ1) is 12.1. The topological polar surface area (TPSA) is 76.0 Å². The molecule has 7 heteroatoms. The van der Waals surface area contributed by atoms with Gasteiger partial charge in [0.05, 0.1) is 29.2 Å². The average Bonchev–Trinajstić information content (AvgIpc) is 3.26. The molecule has 0 aliphatic rings. The SMILES string of the molecule is CC(C)n1nc(CNC(=O)CNC(=O)c2cccs2)c2ccccc21. The maximum absolute atomic E-state index is 12.0. The van der Waals surface area contributed by atoms with E-state index >= 15 is 0 Å². The van der Waals surface area contributed by atoms with Crippen molar-refractivity contribution in [3.05, 3.63) is 52.3 Å². The van der Waals surface area contributed by atoms with Crippen molar-refractivity contribution in [2.24, 2.45) is 0 Å². The van der Waals surface area contributed by atoms with Crippen LogP contribution in [0.4, 0.5) is 0 Å². The number of amides is 2. The zero-order valence-electron chi connectivity index (χ0n) is 14.2. The number of carbonyl (C=O) groups is 2. The Kier molecular flexibility index (Phi) is 5.14. The molecule has 0 aliphatic carbocycles. The van der Waals surface area contributed by atoms with Gasteiger partial charge in [0.15, 0.2) is 0 Å². The Labute approximate surface area is 149 Å². The Balaban J connectivity index is 1.61. The van der Waals surface area contributed by atoms with Gasteiger partial charge in [-0.1, -0.05) is 24.3 Å². The first-order valence-corrected chi connectivity index (χ1v) is 8.98. The van der Waals surface area contributed by atoms with Gasteiger partial charge in [0.25, 0.3) is 5.91 Å². The molecular weight excluding hydrogens is 336 g/mol. The lowest BCUT2D eigenvalue weighted by Gasteiger charge is -2.06. The van der Waals surface area contributed by atoms with Gasteiger partial charge in [-0.05, 0) is 31.4 Å². The Morgan fingerprint density at radius 3 is 2.68 bits per heavy atom. The van der Waals surface area contributed by atoms with E-state index in [0.29, 0.717) is 11.4 Å². The average molecular weight is 356 g/mol. The van der Waals surface area contributed by atoms with Gasteiger partial charge >= 0.3 is 0 Å². The summed E-state index contributed by atoms with van der Waals surface area (Å²) < 4.78 is 1.95. The molecule has 0 spiro atoms. The van der Waals surface area contributed by atoms with Gasteiger partial charge in [-0.2, -0.15) is 5.10 Å². The molecule has 0 aliphatic heterocycles. The van der Waals surface area contributed by atoms with Crippen molar-refractivity contribution in [3.63, 3.8) is 0 Å². The van der Waals surface area contributed by atoms with Crippen molar-refractivity contribution in [2.75, 3.05) is 6.54 Å². The molecule has 2 heterocycles. The van der Waals surface area contributed by atoms with Crippen molar-refractivity contribution >= 4 is 34.1 Å². The van der Waals surface area contributed by atoms with Crippen molar-refractivity contribution < 1.29 is 9.59 Å². The summed E-state index contributed by atoms with van der Waals surface area (Å²) in [5, 5.41) is 12.9. The predicted molar refractivity (Wildman–Crippen MR) is 98.6 cm³/mol. The zero-order valence-corrected chi connectivity index (χ0v) is 15.0. The third-order valence-corrected chi connectivity index (χ3v) is 4.66. The molecule has 2 aromatic heterocycles. The second kappa shape index (κ2) is 7.48. The molecule has 0 radical (unpaired) electrons. The number of aromatic nitrogens is 2. The number of thiophene rings is 1. The normalized spacial score (nSPS) is 11.0. The molecule has 130 valence electrons. The Bertz CT molecular complexity index is 884. The van der Waals surface area contributed by atoms with Crippen LogP contribution in [0.3, 0.4) is 0 Å². The van der Waals surface area contributed by atoms with Crippen LogP contribution in [-0.2, 0) is 11.3 Å². The van der Waals surface area contributed by atoms with Crippen LogP contribution in [0.25, 0.3) is 10.9 Å². The van der Waals surface area contributed by atoms with Crippen molar-refractivity contribution in [2.45, 2.75) is 26.4 Å². The number of fused-ring (bicyclic) bond motifs is 1. The fourth-order valence-corrected chi connectivity index (χ4v) is 3.22. The standard InChI is InChI=1S/C18H20N4O2S/c1-12(2)22-15-7-4-3-6-13(15)14(21-22)10-19-17(23)11-20-18(24)16-8-5-9-25-16/h3-9,12H,10-11H2,1-2H3,(H,19,23)(H,20,24). The molecule has 2 amide bonds. The highest BCUT2D eigenvalue weighted by atomic mass is 32.1. The number of carbonyl (C=O) groups excluding carboxylic acids is 2. The molecule has 3 aromatic rings. The number of hydrogen-bond donors (Lipinski definition) is 2. The number of para-hydroxylation sites is 1. The molecule has 0 unspecified atom stereocenters. The van der Waals surface area contributed by atoms with E-state index in [4.69, 9.17) is 0 Å². The van der Waals surface area contributed by atoms with Gasteiger partial charge in [0, 0.05) is 11.4 Å². The van der Waals surface area contributed by atoms with Crippen LogP contribution in [0.5, 0.6) is 0 Å². The van der Waals surface area contributed by atoms with Gasteiger partial charge in [-0.3, -0.25) is 14.3 Å². The summed E-state index contributed by atoms with van der Waals surface area (Å²) in [5.41, 5.74) is 1.87. The van der Waals surface area contributed by atoms with E-state index < -0.39 is 0 Å². The summed E-state index contributed by atoms with van der Waals surface area (Å²) in [6.07, 6.45) is 0. The van der Waals surface area contributed by atoms with Crippen molar-refractivity contribution in [1.29, 1.82) is 0 Å². The first kappa shape index (κ1) is 17.2. The van der Waals surface area contributed by atoms with Crippen LogP contribution in [0.1, 0.15) is 35.3 Å². The van der Waals surface area contributed by atoms with Gasteiger partial charge in [0.1, 0.15) is 0 Å². The number of benzene rings is 1. The summed E-state index contributed by atoms with van der Waals surface area (Å²) in [7, 11) is 0. The number of nitrogens with zero attached hydrogens (tertiary/aromatic N) is 2. The van der Waals surface area contributed by atoms with Crippen LogP contribution in [0.15, 0.2) is 41.8 Å². The fraction of sp³-hybridized carbons (Fsp3) is 0.278. The molecule has 2 N–H and O–H groups in total. The first-order valence-electron chi connectivity index (χ1n) is 8.11. The van der Waals surface area contributed by atoms with Gasteiger partial charge in [0.2, 0.25) is 5.91 Å². The molecule has 6 nitrogen and oxygen atoms in total. The summed E-state index contributed by atoms with van der Waals surface area (Å²) >= 11 is 1.34. The van der Waals surface area contributed by atoms with Gasteiger partial charge in [-0.25, -0.2) is 0 Å². The third-order valence-electron chi connectivity index (χ3n) is 3.79. The van der Waals surface area contributed by atoms with Gasteiger partial charge < -0.3 is 10.6 Å². The van der Waals surface area contributed by atoms with E-state index in [2.05, 4.69) is 29.6 Å². The molecular formula is C18H20N4O2S. The third kappa shape index (κ3) is 3.88. The largest absolute Gasteiger partial charge is 0.349 e. The summed E-state index contributed by atoms with van der Waals surface area (Å²) in [6, 6.07) is 11.7. The Morgan fingerprint density at radius 1 is 1.16 bits per heavy atom. The molecule has 0 atom stereocenters. The van der Waals surface area contributed by atoms with Crippen molar-refractivity contribution in [1.82, 2.24) is 20.4 Å². The molecule has 25 heavy (non-hydrogen) atoms. The molecule has 0 bridgehead atoms. The maximum atomic E-state index is 12.0. The molecule has 1 aromatic carbocycles. The minimum atomic E-state index is -0.243. The predicted octanol–water partition coefficient (Wildman–Crippen LogP) is 2.72. The summed E-state index contributed by atoms with van der Waals surface area (Å²) in [5.74, 6) is -0.479. The quantitative estimate of drug-likeness (QED) is 0.713. The van der Waals surface area contributed by atoms with Crippen LogP contribution in [-0.4, -0.2) is 28.1 Å². The highest BCUT2D eigenvalue weighted by Crippen LogP contribution is 2.21. The van der Waals surface area contributed by atoms with Gasteiger partial charge in [-0.15, -0.1) is 11.3 Å². The lowest BCUT2D eigenvalue weighted by molar-refractivity contribution is -0.120. The fourth-order valence-electron chi connectivity index (χ4n) is 2.58. The summed E-state index contributed by atoms with van der Waals surface area (Å²) in [6.45, 7) is 4.41. The van der Waals surface area contributed by atoms with E-state index in [1.165, 1.54) is 11.3 Å². The zero-order chi connectivity index (χ0) is 17.8. The lowest BCUT2D eigenvalue weighted by Crippen LogP contribution is -2.36. The molecule has 0 saturated heterocycles. The monoisotopic (exact) mass is 356 g/mol. The van der Waals surface area contributed by atoms with E-state index in [1.54, 1.807) is 12.1 Å². The summed E-state index contributed by atoms with van der Waals surface area (Å²) in [4.78, 5) is 24.4. The number of hydrogen-bond acceptors (Lipinski definition) is 4. The van der Waals surface area contributed by atoms with Crippen LogP contribution in [0.2, 0.25) is 0 Å². The molecule has 0 fully saturated rings. The molecule has 3 rings (SSSR count). The van der Waals surface area contributed by atoms with E-state index in [0.717, 1.165) is 16.6 Å². The lowest BCUT2D eigenvalue weighted by atomic mass is 10.2. The number of nitrogens with one attached hydrogen (secondary N) is 2. The van der Waals surface area contributed by atoms with Crippen LogP contribution >= 0.6 is 11.3 Å². The Hall–Kier alpha value is -2.67. The maximum Gasteiger partial charge on any atom is 0.261 e. The van der Waals surface area contributed by atoms with Crippen LogP contribution < -0.4 is 10.6 Å². The van der Waals surface area contributed by atoms with E-state index in [1.807, 2.05) is 34.3 Å². The second-order valence-corrected chi connectivity index (χ2v) is 6.89. The number of rotatable bonds is 6. The smallest absolute Gasteiger partial charge is 0.261 e. The van der Waals surface area contributed by atoms with Crippen LogP contribution in [0, 0.1) is 0 Å². The minimum Gasteiger partial charge on any atom is -0.349 e.